The lowest BCUT2D eigenvalue weighted by Gasteiger charge is -2.32. The Hall–Kier alpha value is -2.54. The molecule has 1 aliphatic rings. The molecule has 0 unspecified atom stereocenters. The summed E-state index contributed by atoms with van der Waals surface area (Å²) < 4.78 is 21.1. The quantitative estimate of drug-likeness (QED) is 0.648. The second-order valence-electron chi connectivity index (χ2n) is 5.25. The molecule has 0 amide bonds. The Morgan fingerprint density at radius 2 is 1.96 bits per heavy atom. The Labute approximate surface area is 139 Å². The first-order valence-corrected chi connectivity index (χ1v) is 7.42. The van der Waals surface area contributed by atoms with E-state index in [1.807, 2.05) is 0 Å². The SMILES string of the molecule is COc1cccc([C@@H]2C=C[C@H](OC(C)=O)[C@@H](COC(C)=O)O2)c1O. The largest absolute Gasteiger partial charge is 0.504 e. The number of phenols is 1. The van der Waals surface area contributed by atoms with Crippen molar-refractivity contribution >= 4 is 11.9 Å². The maximum atomic E-state index is 11.2. The topological polar surface area (TPSA) is 91.3 Å². The molecular weight excluding hydrogens is 316 g/mol. The minimum atomic E-state index is -0.682. The Morgan fingerprint density at radius 3 is 2.58 bits per heavy atom. The van der Waals surface area contributed by atoms with Crippen molar-refractivity contribution in [1.82, 2.24) is 0 Å². The molecule has 0 bridgehead atoms. The van der Waals surface area contributed by atoms with Crippen LogP contribution >= 0.6 is 0 Å². The number of methoxy groups -OCH3 is 1. The van der Waals surface area contributed by atoms with E-state index in [1.165, 1.54) is 21.0 Å². The van der Waals surface area contributed by atoms with Crippen LogP contribution in [0.15, 0.2) is 30.4 Å². The predicted octanol–water partition coefficient (Wildman–Crippen LogP) is 1.89. The Kier molecular flexibility index (Phi) is 5.81. The second kappa shape index (κ2) is 7.83. The summed E-state index contributed by atoms with van der Waals surface area (Å²) in [5.74, 6) is -0.644. The molecule has 0 saturated heterocycles. The monoisotopic (exact) mass is 336 g/mol. The van der Waals surface area contributed by atoms with Crippen molar-refractivity contribution in [3.8, 4) is 11.5 Å². The van der Waals surface area contributed by atoms with Crippen LogP contribution in [0, 0.1) is 0 Å². The molecule has 1 N–H and O–H groups in total. The summed E-state index contributed by atoms with van der Waals surface area (Å²) in [6.45, 7) is 2.50. The zero-order valence-electron chi connectivity index (χ0n) is 13.7. The van der Waals surface area contributed by atoms with E-state index in [0.29, 0.717) is 11.3 Å². The lowest BCUT2D eigenvalue weighted by molar-refractivity contribution is -0.163. The van der Waals surface area contributed by atoms with Gasteiger partial charge >= 0.3 is 11.9 Å². The number of esters is 2. The van der Waals surface area contributed by atoms with Crippen LogP contribution in [0.5, 0.6) is 11.5 Å². The molecule has 0 aromatic heterocycles. The fourth-order valence-electron chi connectivity index (χ4n) is 2.40. The Bertz CT molecular complexity index is 638. The van der Waals surface area contributed by atoms with Crippen LogP contribution in [-0.4, -0.2) is 43.0 Å². The number of aromatic hydroxyl groups is 1. The van der Waals surface area contributed by atoms with Gasteiger partial charge in [-0.2, -0.15) is 0 Å². The summed E-state index contributed by atoms with van der Waals surface area (Å²) in [4.78, 5) is 22.3. The second-order valence-corrected chi connectivity index (χ2v) is 5.25. The lowest BCUT2D eigenvalue weighted by Crippen LogP contribution is -2.39. The van der Waals surface area contributed by atoms with Crippen LogP contribution in [0.25, 0.3) is 0 Å². The van der Waals surface area contributed by atoms with E-state index in [2.05, 4.69) is 0 Å². The molecule has 1 aliphatic heterocycles. The number of benzene rings is 1. The van der Waals surface area contributed by atoms with Gasteiger partial charge in [0, 0.05) is 19.4 Å². The number of hydrogen-bond donors (Lipinski definition) is 1. The normalized spacial score (nSPS) is 22.7. The number of ether oxygens (including phenoxy) is 4. The van der Waals surface area contributed by atoms with Crippen LogP contribution in [0.1, 0.15) is 25.5 Å². The van der Waals surface area contributed by atoms with Gasteiger partial charge in [-0.15, -0.1) is 0 Å². The maximum Gasteiger partial charge on any atom is 0.303 e. The van der Waals surface area contributed by atoms with Gasteiger partial charge in [-0.05, 0) is 12.1 Å². The molecule has 1 heterocycles. The summed E-state index contributed by atoms with van der Waals surface area (Å²) >= 11 is 0. The van der Waals surface area contributed by atoms with Gasteiger partial charge in [-0.3, -0.25) is 9.59 Å². The molecule has 0 saturated carbocycles. The van der Waals surface area contributed by atoms with E-state index in [9.17, 15) is 14.7 Å². The minimum Gasteiger partial charge on any atom is -0.504 e. The molecule has 2 rings (SSSR count). The molecule has 0 radical (unpaired) electrons. The maximum absolute atomic E-state index is 11.2. The average molecular weight is 336 g/mol. The summed E-state index contributed by atoms with van der Waals surface area (Å²) in [6.07, 6.45) is 1.38. The highest BCUT2D eigenvalue weighted by Gasteiger charge is 2.32. The van der Waals surface area contributed by atoms with Crippen molar-refractivity contribution in [3.63, 3.8) is 0 Å². The summed E-state index contributed by atoms with van der Waals surface area (Å²) in [5, 5.41) is 10.2. The number of phenolic OH excluding ortho intramolecular Hbond substituents is 1. The van der Waals surface area contributed by atoms with E-state index in [-0.39, 0.29) is 12.4 Å². The molecule has 130 valence electrons. The Balaban J connectivity index is 2.24. The summed E-state index contributed by atoms with van der Waals surface area (Å²) in [7, 11) is 1.45. The molecule has 1 aromatic carbocycles. The number of carbonyl (C=O) groups excluding carboxylic acids is 2. The minimum absolute atomic E-state index is 0.0353. The standard InChI is InChI=1S/C17H20O7/c1-10(18)22-9-16-14(23-11(2)19)8-7-13(24-16)12-5-4-6-15(21-3)17(12)20/h4-8,13-14,16,20H,9H2,1-3H3/t13-,14-,16+/m0/s1. The van der Waals surface area contributed by atoms with E-state index in [1.54, 1.807) is 30.4 Å². The number of carbonyl (C=O) groups is 2. The fourth-order valence-corrected chi connectivity index (χ4v) is 2.40. The highest BCUT2D eigenvalue weighted by Crippen LogP contribution is 2.38. The van der Waals surface area contributed by atoms with Gasteiger partial charge < -0.3 is 24.1 Å². The van der Waals surface area contributed by atoms with Gasteiger partial charge in [-0.25, -0.2) is 0 Å². The highest BCUT2D eigenvalue weighted by atomic mass is 16.6. The molecule has 7 heteroatoms. The van der Waals surface area contributed by atoms with Gasteiger partial charge in [0.2, 0.25) is 0 Å². The van der Waals surface area contributed by atoms with E-state index >= 15 is 0 Å². The molecule has 0 spiro atoms. The zero-order valence-corrected chi connectivity index (χ0v) is 13.7. The van der Waals surface area contributed by atoms with E-state index in [4.69, 9.17) is 18.9 Å². The van der Waals surface area contributed by atoms with Crippen LogP contribution in [0.2, 0.25) is 0 Å². The molecule has 0 aliphatic carbocycles. The molecule has 7 nitrogen and oxygen atoms in total. The fraction of sp³-hybridized carbons (Fsp3) is 0.412. The Morgan fingerprint density at radius 1 is 1.21 bits per heavy atom. The smallest absolute Gasteiger partial charge is 0.303 e. The molecule has 1 aromatic rings. The first-order valence-electron chi connectivity index (χ1n) is 7.42. The predicted molar refractivity (Wildman–Crippen MR) is 83.6 cm³/mol. The first-order chi connectivity index (χ1) is 11.4. The van der Waals surface area contributed by atoms with Gasteiger partial charge in [0.25, 0.3) is 0 Å². The van der Waals surface area contributed by atoms with Crippen LogP contribution < -0.4 is 4.74 Å². The lowest BCUT2D eigenvalue weighted by atomic mass is 10.0. The first kappa shape index (κ1) is 17.8. The number of hydrogen-bond acceptors (Lipinski definition) is 7. The molecular formula is C17H20O7. The van der Waals surface area contributed by atoms with Gasteiger partial charge in [0.1, 0.15) is 24.9 Å². The molecule has 0 fully saturated rings. The van der Waals surface area contributed by atoms with Crippen molar-refractivity contribution < 1.29 is 33.6 Å². The highest BCUT2D eigenvalue weighted by molar-refractivity contribution is 5.67. The third-order valence-electron chi connectivity index (χ3n) is 3.47. The van der Waals surface area contributed by atoms with Gasteiger partial charge in [0.05, 0.1) is 7.11 Å². The van der Waals surface area contributed by atoms with Crippen molar-refractivity contribution in [3.05, 3.63) is 35.9 Å². The van der Waals surface area contributed by atoms with Crippen molar-refractivity contribution in [1.29, 1.82) is 0 Å². The average Bonchev–Trinajstić information content (AvgIpc) is 2.53. The molecule has 3 atom stereocenters. The van der Waals surface area contributed by atoms with Gasteiger partial charge in [0.15, 0.2) is 11.5 Å². The van der Waals surface area contributed by atoms with E-state index < -0.39 is 30.3 Å². The summed E-state index contributed by atoms with van der Waals surface area (Å²) in [5.41, 5.74) is 0.500. The van der Waals surface area contributed by atoms with Crippen LogP contribution in [0.4, 0.5) is 0 Å². The van der Waals surface area contributed by atoms with Crippen molar-refractivity contribution in [2.75, 3.05) is 13.7 Å². The van der Waals surface area contributed by atoms with Gasteiger partial charge in [-0.1, -0.05) is 18.2 Å². The van der Waals surface area contributed by atoms with Crippen molar-refractivity contribution in [2.45, 2.75) is 32.2 Å². The van der Waals surface area contributed by atoms with E-state index in [0.717, 1.165) is 0 Å². The number of rotatable bonds is 5. The van der Waals surface area contributed by atoms with Crippen molar-refractivity contribution in [2.24, 2.45) is 0 Å². The zero-order chi connectivity index (χ0) is 17.7. The number of para-hydroxylation sites is 1. The van der Waals surface area contributed by atoms with Crippen LogP contribution in [-0.2, 0) is 23.8 Å². The third-order valence-corrected chi connectivity index (χ3v) is 3.47. The summed E-state index contributed by atoms with van der Waals surface area (Å²) in [6, 6.07) is 5.05. The van der Waals surface area contributed by atoms with Crippen LogP contribution in [0.3, 0.4) is 0 Å². The molecule has 24 heavy (non-hydrogen) atoms. The third kappa shape index (κ3) is 4.26.